The third-order valence-electron chi connectivity index (χ3n) is 6.24. The van der Waals surface area contributed by atoms with Crippen LogP contribution in [-0.2, 0) is 40.0 Å². The van der Waals surface area contributed by atoms with Crippen molar-refractivity contribution in [1.29, 1.82) is 0 Å². The van der Waals surface area contributed by atoms with Crippen molar-refractivity contribution in [1.82, 2.24) is 21.3 Å². The van der Waals surface area contributed by atoms with Gasteiger partial charge in [-0.3, -0.25) is 28.8 Å². The average molecular weight is 605 g/mol. The predicted molar refractivity (Wildman–Crippen MR) is 157 cm³/mol. The van der Waals surface area contributed by atoms with E-state index in [-0.39, 0.29) is 31.0 Å². The second-order valence-corrected chi connectivity index (χ2v) is 11.3. The molecule has 1 aromatic rings. The van der Waals surface area contributed by atoms with E-state index in [1.54, 1.807) is 30.3 Å². The minimum atomic E-state index is -1.57. The van der Waals surface area contributed by atoms with Gasteiger partial charge >= 0.3 is 5.97 Å². The summed E-state index contributed by atoms with van der Waals surface area (Å²) >= 11 is 0. The molecule has 5 atom stereocenters. The predicted octanol–water partition coefficient (Wildman–Crippen LogP) is -0.863. The van der Waals surface area contributed by atoms with Crippen LogP contribution in [0.2, 0.25) is 0 Å². The van der Waals surface area contributed by atoms with Gasteiger partial charge in [0.05, 0.1) is 24.9 Å². The summed E-state index contributed by atoms with van der Waals surface area (Å²) in [5.41, 5.74) is 11.9. The Hall–Kier alpha value is -4.33. The van der Waals surface area contributed by atoms with Crippen LogP contribution in [-0.4, -0.2) is 77.1 Å². The van der Waals surface area contributed by atoms with Crippen molar-refractivity contribution in [3.8, 4) is 0 Å². The maximum absolute atomic E-state index is 13.5. The monoisotopic (exact) mass is 604 g/mol. The van der Waals surface area contributed by atoms with Crippen molar-refractivity contribution in [3.63, 3.8) is 0 Å². The van der Waals surface area contributed by atoms with Crippen LogP contribution in [0.1, 0.15) is 58.9 Å². The lowest BCUT2D eigenvalue weighted by atomic mass is 9.99. The van der Waals surface area contributed by atoms with Gasteiger partial charge in [-0.1, -0.05) is 58.0 Å². The first-order valence-corrected chi connectivity index (χ1v) is 14.1. The molecule has 5 amide bonds. The van der Waals surface area contributed by atoms with E-state index in [1.165, 1.54) is 0 Å². The molecule has 43 heavy (non-hydrogen) atoms. The molecule has 0 spiro atoms. The zero-order chi connectivity index (χ0) is 32.7. The molecule has 0 aromatic heterocycles. The van der Waals surface area contributed by atoms with Gasteiger partial charge in [0, 0.05) is 6.42 Å². The fourth-order valence-electron chi connectivity index (χ4n) is 4.22. The summed E-state index contributed by atoms with van der Waals surface area (Å²) in [6.45, 7) is 7.54. The van der Waals surface area contributed by atoms with E-state index in [4.69, 9.17) is 16.6 Å². The molecule has 0 aliphatic carbocycles. The Morgan fingerprint density at radius 3 is 1.77 bits per heavy atom. The SMILES string of the molecule is CC(C)C[C@H](NC(=O)[C@@H](N)CC(C)C)C(=O)N[C@@H](Cc1ccccc1)C(=O)N[C@@H](CC(N)=O)C(=O)N[C@H](C=O)CC(=O)O. The standard InChI is InChI=1S/C29H44N6O8/c1-16(2)10-20(30)26(40)33-21(11-17(3)4)28(42)34-22(12-18-8-6-5-7-9-18)29(43)35-23(14-24(31)37)27(41)32-19(15-36)13-25(38)39/h5-9,15-17,19-23H,10-14,30H2,1-4H3,(H2,31,37)(H,32,41)(H,33,40)(H,34,42)(H,35,43)(H,38,39)/t19-,20-,21-,22-,23-/m0/s1. The summed E-state index contributed by atoms with van der Waals surface area (Å²) in [6.07, 6.45) is -0.542. The van der Waals surface area contributed by atoms with E-state index in [1.807, 2.05) is 27.7 Å². The molecular weight excluding hydrogens is 560 g/mol. The van der Waals surface area contributed by atoms with Gasteiger partial charge in [0.2, 0.25) is 29.5 Å². The van der Waals surface area contributed by atoms with E-state index in [2.05, 4.69) is 21.3 Å². The second-order valence-electron chi connectivity index (χ2n) is 11.3. The summed E-state index contributed by atoms with van der Waals surface area (Å²) < 4.78 is 0. The first-order chi connectivity index (χ1) is 20.1. The van der Waals surface area contributed by atoms with Crippen molar-refractivity contribution >= 4 is 41.8 Å². The highest BCUT2D eigenvalue weighted by Gasteiger charge is 2.32. The fourth-order valence-corrected chi connectivity index (χ4v) is 4.22. The highest BCUT2D eigenvalue weighted by atomic mass is 16.4. The minimum absolute atomic E-state index is 0.0148. The topological polar surface area (TPSA) is 240 Å². The number of carboxylic acid groups (broad SMARTS) is 1. The smallest absolute Gasteiger partial charge is 0.305 e. The van der Waals surface area contributed by atoms with Gasteiger partial charge < -0.3 is 42.6 Å². The zero-order valence-corrected chi connectivity index (χ0v) is 25.0. The van der Waals surface area contributed by atoms with Crippen LogP contribution in [0.25, 0.3) is 0 Å². The summed E-state index contributed by atoms with van der Waals surface area (Å²) in [7, 11) is 0. The van der Waals surface area contributed by atoms with Gasteiger partial charge in [-0.15, -0.1) is 0 Å². The van der Waals surface area contributed by atoms with Crippen molar-refractivity contribution in [3.05, 3.63) is 35.9 Å². The molecule has 0 saturated heterocycles. The molecule has 238 valence electrons. The van der Waals surface area contributed by atoms with E-state index in [9.17, 15) is 33.6 Å². The molecule has 0 aliphatic heterocycles. The number of carboxylic acids is 1. The maximum atomic E-state index is 13.5. The molecule has 0 aliphatic rings. The summed E-state index contributed by atoms with van der Waals surface area (Å²) in [4.78, 5) is 86.4. The summed E-state index contributed by atoms with van der Waals surface area (Å²) in [5.74, 6) is -5.22. The zero-order valence-electron chi connectivity index (χ0n) is 25.0. The van der Waals surface area contributed by atoms with Crippen LogP contribution in [0.5, 0.6) is 0 Å². The molecule has 0 bridgehead atoms. The number of hydrogen-bond acceptors (Lipinski definition) is 8. The molecule has 0 heterocycles. The molecular formula is C29H44N6O8. The van der Waals surface area contributed by atoms with Crippen LogP contribution in [0, 0.1) is 11.8 Å². The Morgan fingerprint density at radius 1 is 0.744 bits per heavy atom. The number of carbonyl (C=O) groups is 7. The van der Waals surface area contributed by atoms with Crippen LogP contribution >= 0.6 is 0 Å². The van der Waals surface area contributed by atoms with Crippen molar-refractivity contribution in [2.24, 2.45) is 23.3 Å². The number of benzene rings is 1. The normalized spacial score (nSPS) is 14.5. The number of hydrogen-bond donors (Lipinski definition) is 7. The number of amides is 5. The van der Waals surface area contributed by atoms with Crippen LogP contribution in [0.4, 0.5) is 0 Å². The molecule has 0 fully saturated rings. The Labute approximate surface area is 251 Å². The molecule has 14 nitrogen and oxygen atoms in total. The molecule has 0 saturated carbocycles. The molecule has 0 unspecified atom stereocenters. The minimum Gasteiger partial charge on any atom is -0.481 e. The van der Waals surface area contributed by atoms with Crippen LogP contribution in [0.15, 0.2) is 30.3 Å². The summed E-state index contributed by atoms with van der Waals surface area (Å²) in [5, 5.41) is 18.8. The Morgan fingerprint density at radius 2 is 1.26 bits per heavy atom. The molecule has 1 rings (SSSR count). The summed E-state index contributed by atoms with van der Waals surface area (Å²) in [6, 6.07) is 2.55. The number of nitrogens with one attached hydrogen (secondary N) is 4. The van der Waals surface area contributed by atoms with Gasteiger partial charge in [0.1, 0.15) is 24.4 Å². The number of nitrogens with two attached hydrogens (primary N) is 2. The van der Waals surface area contributed by atoms with E-state index in [0.717, 1.165) is 0 Å². The first-order valence-electron chi connectivity index (χ1n) is 14.1. The lowest BCUT2D eigenvalue weighted by Crippen LogP contribution is -2.59. The number of rotatable bonds is 19. The Bertz CT molecular complexity index is 1130. The van der Waals surface area contributed by atoms with Gasteiger partial charge in [-0.05, 0) is 30.2 Å². The van der Waals surface area contributed by atoms with Crippen molar-refractivity contribution in [2.75, 3.05) is 0 Å². The lowest BCUT2D eigenvalue weighted by molar-refractivity contribution is -0.139. The average Bonchev–Trinajstić information content (AvgIpc) is 2.90. The van der Waals surface area contributed by atoms with Crippen LogP contribution in [0.3, 0.4) is 0 Å². The Kier molecular flexibility index (Phi) is 15.6. The van der Waals surface area contributed by atoms with E-state index >= 15 is 0 Å². The highest BCUT2D eigenvalue weighted by Crippen LogP contribution is 2.10. The van der Waals surface area contributed by atoms with Crippen LogP contribution < -0.4 is 32.7 Å². The van der Waals surface area contributed by atoms with Gasteiger partial charge in [0.25, 0.3) is 0 Å². The number of primary amides is 1. The highest BCUT2D eigenvalue weighted by molar-refractivity contribution is 5.96. The van der Waals surface area contributed by atoms with E-state index in [0.29, 0.717) is 12.0 Å². The maximum Gasteiger partial charge on any atom is 0.305 e. The molecule has 1 aromatic carbocycles. The molecule has 9 N–H and O–H groups in total. The quantitative estimate of drug-likeness (QED) is 0.0970. The number of aldehydes is 1. The Balaban J connectivity index is 3.25. The number of carbonyl (C=O) groups excluding carboxylic acids is 6. The first kappa shape index (κ1) is 36.7. The van der Waals surface area contributed by atoms with Gasteiger partial charge in [-0.2, -0.15) is 0 Å². The van der Waals surface area contributed by atoms with Gasteiger partial charge in [0.15, 0.2) is 0 Å². The van der Waals surface area contributed by atoms with E-state index < -0.39 is 78.6 Å². The van der Waals surface area contributed by atoms with Crippen molar-refractivity contribution < 1.29 is 38.7 Å². The molecule has 0 radical (unpaired) electrons. The lowest BCUT2D eigenvalue weighted by Gasteiger charge is -2.27. The third-order valence-corrected chi connectivity index (χ3v) is 6.24. The number of aliphatic carboxylic acids is 1. The fraction of sp³-hybridized carbons (Fsp3) is 0.552. The second kappa shape index (κ2) is 18.3. The van der Waals surface area contributed by atoms with Crippen molar-refractivity contribution in [2.45, 2.75) is 90.0 Å². The van der Waals surface area contributed by atoms with Gasteiger partial charge in [-0.25, -0.2) is 0 Å². The molecule has 14 heteroatoms. The third kappa shape index (κ3) is 14.4. The largest absolute Gasteiger partial charge is 0.481 e.